The molecule has 0 aliphatic heterocycles. The molecule has 0 unspecified atom stereocenters. The van der Waals surface area contributed by atoms with Crippen LogP contribution in [0.5, 0.6) is 0 Å². The molecule has 4 N–H and O–H groups in total. The van der Waals surface area contributed by atoms with Crippen LogP contribution in [0, 0.1) is 6.92 Å². The Balaban J connectivity index is 2.26. The first-order valence-corrected chi connectivity index (χ1v) is 8.03. The highest BCUT2D eigenvalue weighted by Gasteiger charge is 2.16. The molecule has 0 saturated carbocycles. The highest BCUT2D eigenvalue weighted by atomic mass is 32.2. The quantitative estimate of drug-likeness (QED) is 0.739. The van der Waals surface area contributed by atoms with E-state index >= 15 is 0 Å². The first-order valence-electron chi connectivity index (χ1n) is 6.55. The molecule has 0 saturated heterocycles. The van der Waals surface area contributed by atoms with Crippen molar-refractivity contribution >= 4 is 21.4 Å². The zero-order chi connectivity index (χ0) is 15.5. The average molecular weight is 305 g/mol. The summed E-state index contributed by atoms with van der Waals surface area (Å²) in [5.41, 5.74) is 8.88. The molecule has 112 valence electrons. The number of aryl methyl sites for hydroxylation is 1. The van der Waals surface area contributed by atoms with Crippen molar-refractivity contribution in [3.63, 3.8) is 0 Å². The first-order chi connectivity index (χ1) is 9.92. The van der Waals surface area contributed by atoms with Gasteiger partial charge in [-0.05, 0) is 37.7 Å². The molecule has 0 aromatic heterocycles. The second-order valence-electron chi connectivity index (χ2n) is 4.80. The van der Waals surface area contributed by atoms with E-state index in [4.69, 9.17) is 5.73 Å². The normalized spacial score (nSPS) is 11.3. The lowest BCUT2D eigenvalue weighted by Crippen LogP contribution is -2.20. The third kappa shape index (κ3) is 3.74. The third-order valence-corrected chi connectivity index (χ3v) is 4.62. The Morgan fingerprint density at radius 3 is 2.38 bits per heavy atom. The summed E-state index contributed by atoms with van der Waals surface area (Å²) in [6.07, 6.45) is 0. The number of sulfonamides is 1. The first kappa shape index (κ1) is 15.3. The highest BCUT2D eigenvalue weighted by Crippen LogP contribution is 2.24. The Kier molecular flexibility index (Phi) is 4.50. The molecule has 0 fully saturated rings. The predicted octanol–water partition coefficient (Wildman–Crippen LogP) is 2.10. The van der Waals surface area contributed by atoms with Gasteiger partial charge in [0.05, 0.1) is 5.69 Å². The van der Waals surface area contributed by atoms with Crippen LogP contribution in [-0.2, 0) is 16.6 Å². The van der Waals surface area contributed by atoms with Gasteiger partial charge in [0.15, 0.2) is 0 Å². The van der Waals surface area contributed by atoms with E-state index < -0.39 is 10.0 Å². The van der Waals surface area contributed by atoms with Gasteiger partial charge in [-0.2, -0.15) is 0 Å². The van der Waals surface area contributed by atoms with Gasteiger partial charge in [-0.3, -0.25) is 0 Å². The fourth-order valence-corrected chi connectivity index (χ4v) is 2.86. The smallest absolute Gasteiger partial charge is 0.242 e. The second-order valence-corrected chi connectivity index (χ2v) is 6.66. The van der Waals surface area contributed by atoms with E-state index in [9.17, 15) is 8.42 Å². The summed E-state index contributed by atoms with van der Waals surface area (Å²) in [5, 5.41) is 3.14. The Morgan fingerprint density at radius 1 is 1.10 bits per heavy atom. The summed E-state index contributed by atoms with van der Waals surface area (Å²) in [6, 6.07) is 12.8. The van der Waals surface area contributed by atoms with Gasteiger partial charge >= 0.3 is 0 Å². The molecule has 6 heteroatoms. The SMILES string of the molecule is CNS(=O)(=O)c1cc(N)ccc1NCc1ccc(C)cc1. The van der Waals surface area contributed by atoms with Gasteiger partial charge in [0.2, 0.25) is 10.0 Å². The molecule has 0 spiro atoms. The number of benzene rings is 2. The van der Waals surface area contributed by atoms with Crippen molar-refractivity contribution in [1.82, 2.24) is 4.72 Å². The summed E-state index contributed by atoms with van der Waals surface area (Å²) in [7, 11) is -2.18. The van der Waals surface area contributed by atoms with Crippen LogP contribution in [0.2, 0.25) is 0 Å². The summed E-state index contributed by atoms with van der Waals surface area (Å²) in [6.45, 7) is 2.56. The zero-order valence-corrected chi connectivity index (χ0v) is 12.9. The monoisotopic (exact) mass is 305 g/mol. The minimum absolute atomic E-state index is 0.150. The number of nitrogen functional groups attached to an aromatic ring is 1. The Hall–Kier alpha value is -2.05. The lowest BCUT2D eigenvalue weighted by Gasteiger charge is -2.13. The van der Waals surface area contributed by atoms with E-state index in [1.165, 1.54) is 18.7 Å². The number of hydrogen-bond donors (Lipinski definition) is 3. The van der Waals surface area contributed by atoms with Gasteiger partial charge in [-0.15, -0.1) is 0 Å². The van der Waals surface area contributed by atoms with Gasteiger partial charge in [0.1, 0.15) is 4.90 Å². The van der Waals surface area contributed by atoms with Gasteiger partial charge in [0, 0.05) is 12.2 Å². The summed E-state index contributed by atoms with van der Waals surface area (Å²) < 4.78 is 26.4. The van der Waals surface area contributed by atoms with Crippen LogP contribution in [0.25, 0.3) is 0 Å². The lowest BCUT2D eigenvalue weighted by molar-refractivity contribution is 0.588. The number of hydrogen-bond acceptors (Lipinski definition) is 4. The molecule has 0 aliphatic rings. The molecule has 21 heavy (non-hydrogen) atoms. The topological polar surface area (TPSA) is 84.2 Å². The van der Waals surface area contributed by atoms with Crippen LogP contribution in [0.4, 0.5) is 11.4 Å². The molecule has 0 amide bonds. The van der Waals surface area contributed by atoms with Crippen molar-refractivity contribution in [1.29, 1.82) is 0 Å². The van der Waals surface area contributed by atoms with E-state index in [0.717, 1.165) is 5.56 Å². The zero-order valence-electron chi connectivity index (χ0n) is 12.1. The lowest BCUT2D eigenvalue weighted by atomic mass is 10.1. The maximum Gasteiger partial charge on any atom is 0.242 e. The van der Waals surface area contributed by atoms with E-state index in [2.05, 4.69) is 10.0 Å². The van der Waals surface area contributed by atoms with Gasteiger partial charge in [-0.25, -0.2) is 13.1 Å². The molecule has 0 heterocycles. The summed E-state index contributed by atoms with van der Waals surface area (Å²) >= 11 is 0. The van der Waals surface area contributed by atoms with Crippen molar-refractivity contribution in [2.75, 3.05) is 18.1 Å². The average Bonchev–Trinajstić information content (AvgIpc) is 2.47. The molecule has 0 aliphatic carbocycles. The maximum absolute atomic E-state index is 12.0. The van der Waals surface area contributed by atoms with Crippen molar-refractivity contribution in [3.8, 4) is 0 Å². The highest BCUT2D eigenvalue weighted by molar-refractivity contribution is 7.89. The van der Waals surface area contributed by atoms with Crippen LogP contribution >= 0.6 is 0 Å². The molecule has 5 nitrogen and oxygen atoms in total. The predicted molar refractivity (Wildman–Crippen MR) is 85.6 cm³/mol. The van der Waals surface area contributed by atoms with Crippen LogP contribution in [-0.4, -0.2) is 15.5 Å². The molecule has 0 bridgehead atoms. The molecule has 2 aromatic rings. The number of nitrogens with one attached hydrogen (secondary N) is 2. The van der Waals surface area contributed by atoms with Crippen LogP contribution in [0.3, 0.4) is 0 Å². The molecule has 2 aromatic carbocycles. The van der Waals surface area contributed by atoms with E-state index in [-0.39, 0.29) is 4.90 Å². The molecule has 2 rings (SSSR count). The minimum atomic E-state index is -3.55. The van der Waals surface area contributed by atoms with Gasteiger partial charge in [0.25, 0.3) is 0 Å². The second kappa shape index (κ2) is 6.15. The van der Waals surface area contributed by atoms with Crippen molar-refractivity contribution in [2.45, 2.75) is 18.4 Å². The Bertz CT molecular complexity index is 725. The fourth-order valence-electron chi connectivity index (χ4n) is 1.92. The van der Waals surface area contributed by atoms with Crippen molar-refractivity contribution in [3.05, 3.63) is 53.6 Å². The standard InChI is InChI=1S/C15H19N3O2S/c1-11-3-5-12(6-4-11)10-18-14-8-7-13(16)9-15(14)21(19,20)17-2/h3-9,17-18H,10,16H2,1-2H3. The van der Waals surface area contributed by atoms with E-state index in [1.807, 2.05) is 31.2 Å². The minimum Gasteiger partial charge on any atom is -0.399 e. The van der Waals surface area contributed by atoms with Gasteiger partial charge in [-0.1, -0.05) is 29.8 Å². The molecular formula is C15H19N3O2S. The molecule has 0 radical (unpaired) electrons. The number of nitrogens with two attached hydrogens (primary N) is 1. The third-order valence-electron chi connectivity index (χ3n) is 3.17. The Labute approximate surface area is 125 Å². The number of rotatable bonds is 5. The molecular weight excluding hydrogens is 286 g/mol. The van der Waals surface area contributed by atoms with Crippen molar-refractivity contribution in [2.24, 2.45) is 0 Å². The van der Waals surface area contributed by atoms with E-state index in [0.29, 0.717) is 17.9 Å². The largest absolute Gasteiger partial charge is 0.399 e. The van der Waals surface area contributed by atoms with E-state index in [1.54, 1.807) is 12.1 Å². The number of anilines is 2. The fraction of sp³-hybridized carbons (Fsp3) is 0.200. The van der Waals surface area contributed by atoms with Crippen molar-refractivity contribution < 1.29 is 8.42 Å². The molecule has 0 atom stereocenters. The maximum atomic E-state index is 12.0. The van der Waals surface area contributed by atoms with Crippen LogP contribution < -0.4 is 15.8 Å². The van der Waals surface area contributed by atoms with Gasteiger partial charge < -0.3 is 11.1 Å². The van der Waals surface area contributed by atoms with Crippen LogP contribution in [0.15, 0.2) is 47.4 Å². The Morgan fingerprint density at radius 2 is 1.76 bits per heavy atom. The summed E-state index contributed by atoms with van der Waals surface area (Å²) in [4.78, 5) is 0.150. The summed E-state index contributed by atoms with van der Waals surface area (Å²) in [5.74, 6) is 0. The van der Waals surface area contributed by atoms with Crippen LogP contribution in [0.1, 0.15) is 11.1 Å².